The maximum atomic E-state index is 12.6. The number of amides is 1. The lowest BCUT2D eigenvalue weighted by atomic mass is 10.1. The monoisotopic (exact) mass is 344 g/mol. The minimum atomic E-state index is -4.33. The largest absolute Gasteiger partial charge is 0.416 e. The van der Waals surface area contributed by atoms with Crippen LogP contribution in [0.25, 0.3) is 0 Å². The molecule has 2 unspecified atom stereocenters. The lowest BCUT2D eigenvalue weighted by Gasteiger charge is -2.36. The van der Waals surface area contributed by atoms with Crippen LogP contribution in [0.5, 0.6) is 0 Å². The predicted molar refractivity (Wildman–Crippen MR) is 84.4 cm³/mol. The summed E-state index contributed by atoms with van der Waals surface area (Å²) >= 11 is 0. The zero-order valence-electron chi connectivity index (χ0n) is 14.1. The molecule has 0 spiro atoms. The molecule has 1 aliphatic rings. The van der Waals surface area contributed by atoms with Crippen molar-refractivity contribution in [2.24, 2.45) is 0 Å². The normalized spacial score (nSPS) is 22.0. The fourth-order valence-corrected chi connectivity index (χ4v) is 2.88. The van der Waals surface area contributed by atoms with Crippen molar-refractivity contribution in [3.63, 3.8) is 0 Å². The number of likely N-dealkylation sites (N-methyl/N-ethyl adjacent to an activating group) is 1. The summed E-state index contributed by atoms with van der Waals surface area (Å²) in [5.41, 5.74) is 0.0725. The summed E-state index contributed by atoms with van der Waals surface area (Å²) < 4.78 is 43.3. The van der Waals surface area contributed by atoms with Gasteiger partial charge in [0, 0.05) is 19.6 Å². The summed E-state index contributed by atoms with van der Waals surface area (Å²) in [5, 5.41) is 0. The van der Waals surface area contributed by atoms with Crippen molar-refractivity contribution in [1.29, 1.82) is 0 Å². The Labute approximate surface area is 140 Å². The zero-order valence-corrected chi connectivity index (χ0v) is 14.1. The van der Waals surface area contributed by atoms with E-state index in [-0.39, 0.29) is 24.7 Å². The number of carbonyl (C=O) groups excluding carboxylic acids is 1. The molecular formula is C17H23F3N2O2. The van der Waals surface area contributed by atoms with E-state index in [1.807, 2.05) is 13.8 Å². The molecule has 1 saturated heterocycles. The van der Waals surface area contributed by atoms with Crippen molar-refractivity contribution in [3.8, 4) is 0 Å². The molecule has 1 aliphatic heterocycles. The minimum Gasteiger partial charge on any atom is -0.372 e. The van der Waals surface area contributed by atoms with Gasteiger partial charge in [0.15, 0.2) is 0 Å². The summed E-state index contributed by atoms with van der Waals surface area (Å²) in [5.74, 6) is 0.00594. The Kier molecular flexibility index (Phi) is 5.87. The second-order valence-corrected chi connectivity index (χ2v) is 6.42. The molecule has 0 saturated carbocycles. The van der Waals surface area contributed by atoms with E-state index in [1.54, 1.807) is 16.8 Å². The Balaban J connectivity index is 1.88. The Hall–Kier alpha value is -1.60. The summed E-state index contributed by atoms with van der Waals surface area (Å²) in [6.45, 7) is 5.64. The van der Waals surface area contributed by atoms with Crippen LogP contribution in [0, 0.1) is 0 Å². The van der Waals surface area contributed by atoms with Crippen molar-refractivity contribution in [1.82, 2.24) is 9.80 Å². The number of carbonyl (C=O) groups is 1. The Morgan fingerprint density at radius 1 is 1.21 bits per heavy atom. The summed E-state index contributed by atoms with van der Waals surface area (Å²) in [6, 6.07) is 5.03. The van der Waals surface area contributed by atoms with Gasteiger partial charge in [0.25, 0.3) is 0 Å². The van der Waals surface area contributed by atoms with Gasteiger partial charge in [-0.3, -0.25) is 9.69 Å². The molecule has 0 bridgehead atoms. The number of hydrogen-bond donors (Lipinski definition) is 0. The topological polar surface area (TPSA) is 32.8 Å². The lowest BCUT2D eigenvalue weighted by Crippen LogP contribution is -2.50. The van der Waals surface area contributed by atoms with Crippen molar-refractivity contribution in [3.05, 3.63) is 35.4 Å². The number of ether oxygens (including phenoxy) is 1. The highest BCUT2D eigenvalue weighted by atomic mass is 19.4. The Bertz CT molecular complexity index is 550. The van der Waals surface area contributed by atoms with Crippen LogP contribution in [0.3, 0.4) is 0 Å². The average molecular weight is 344 g/mol. The molecule has 0 radical (unpaired) electrons. The third kappa shape index (κ3) is 5.21. The van der Waals surface area contributed by atoms with Crippen LogP contribution in [0.15, 0.2) is 24.3 Å². The van der Waals surface area contributed by atoms with Gasteiger partial charge in [-0.25, -0.2) is 0 Å². The van der Waals surface area contributed by atoms with Gasteiger partial charge in [-0.05, 0) is 38.6 Å². The van der Waals surface area contributed by atoms with Crippen molar-refractivity contribution < 1.29 is 22.7 Å². The first-order valence-corrected chi connectivity index (χ1v) is 7.93. The van der Waals surface area contributed by atoms with Crippen LogP contribution in [-0.4, -0.2) is 54.6 Å². The highest BCUT2D eigenvalue weighted by Crippen LogP contribution is 2.29. The molecule has 134 valence electrons. The van der Waals surface area contributed by atoms with E-state index < -0.39 is 11.7 Å². The van der Waals surface area contributed by atoms with E-state index in [1.165, 1.54) is 12.1 Å². The molecule has 4 nitrogen and oxygen atoms in total. The van der Waals surface area contributed by atoms with E-state index in [0.29, 0.717) is 19.6 Å². The first-order valence-electron chi connectivity index (χ1n) is 7.93. The van der Waals surface area contributed by atoms with Crippen LogP contribution in [-0.2, 0) is 22.3 Å². The van der Waals surface area contributed by atoms with Gasteiger partial charge < -0.3 is 9.64 Å². The van der Waals surface area contributed by atoms with Gasteiger partial charge in [0.05, 0.1) is 24.3 Å². The van der Waals surface area contributed by atoms with E-state index in [9.17, 15) is 18.0 Å². The third-order valence-electron chi connectivity index (χ3n) is 3.91. The third-order valence-corrected chi connectivity index (χ3v) is 3.91. The molecule has 7 heteroatoms. The number of morpholine rings is 1. The molecular weight excluding hydrogens is 321 g/mol. The number of nitrogens with zero attached hydrogens (tertiary/aromatic N) is 2. The van der Waals surface area contributed by atoms with Crippen molar-refractivity contribution in [2.45, 2.75) is 38.8 Å². The molecule has 0 aromatic heterocycles. The quantitative estimate of drug-likeness (QED) is 0.842. The standard InChI is InChI=1S/C17H23F3N2O2/c1-12-8-22(9-13(2)24-12)16(23)11-21(3)10-14-4-6-15(7-5-14)17(18,19)20/h4-7,12-13H,8-11H2,1-3H3. The summed E-state index contributed by atoms with van der Waals surface area (Å²) in [6.07, 6.45) is -4.31. The number of rotatable bonds is 4. The number of halogens is 3. The van der Waals surface area contributed by atoms with E-state index in [4.69, 9.17) is 4.74 Å². The minimum absolute atomic E-state index is 0.00594. The predicted octanol–water partition coefficient (Wildman–Crippen LogP) is 2.77. The Morgan fingerprint density at radius 2 is 1.75 bits per heavy atom. The first kappa shape index (κ1) is 18.7. The van der Waals surface area contributed by atoms with Crippen LogP contribution in [0.1, 0.15) is 25.0 Å². The molecule has 1 fully saturated rings. The molecule has 0 N–H and O–H groups in total. The molecule has 2 atom stereocenters. The second-order valence-electron chi connectivity index (χ2n) is 6.42. The number of alkyl halides is 3. The molecule has 24 heavy (non-hydrogen) atoms. The van der Waals surface area contributed by atoms with Gasteiger partial charge in [-0.1, -0.05) is 12.1 Å². The maximum Gasteiger partial charge on any atom is 0.416 e. The van der Waals surface area contributed by atoms with Crippen LogP contribution < -0.4 is 0 Å². The average Bonchev–Trinajstić information content (AvgIpc) is 2.45. The maximum absolute atomic E-state index is 12.6. The fraction of sp³-hybridized carbons (Fsp3) is 0.588. The van der Waals surface area contributed by atoms with E-state index in [0.717, 1.165) is 17.7 Å². The van der Waals surface area contributed by atoms with Gasteiger partial charge in [-0.2, -0.15) is 13.2 Å². The number of benzene rings is 1. The van der Waals surface area contributed by atoms with E-state index >= 15 is 0 Å². The fourth-order valence-electron chi connectivity index (χ4n) is 2.88. The van der Waals surface area contributed by atoms with Gasteiger partial charge >= 0.3 is 6.18 Å². The molecule has 1 heterocycles. The second kappa shape index (κ2) is 7.53. The highest BCUT2D eigenvalue weighted by molar-refractivity contribution is 5.78. The molecule has 0 aliphatic carbocycles. The zero-order chi connectivity index (χ0) is 17.9. The van der Waals surface area contributed by atoms with Crippen molar-refractivity contribution in [2.75, 3.05) is 26.7 Å². The van der Waals surface area contributed by atoms with E-state index in [2.05, 4.69) is 0 Å². The SMILES string of the molecule is CC1CN(C(=O)CN(C)Cc2ccc(C(F)(F)F)cc2)CC(C)O1. The highest BCUT2D eigenvalue weighted by Gasteiger charge is 2.30. The molecule has 1 aromatic rings. The number of hydrogen-bond acceptors (Lipinski definition) is 3. The van der Waals surface area contributed by atoms with Crippen LogP contribution in [0.2, 0.25) is 0 Å². The smallest absolute Gasteiger partial charge is 0.372 e. The van der Waals surface area contributed by atoms with Gasteiger partial charge in [0.2, 0.25) is 5.91 Å². The Morgan fingerprint density at radius 3 is 2.25 bits per heavy atom. The first-order chi connectivity index (χ1) is 11.1. The summed E-state index contributed by atoms with van der Waals surface area (Å²) in [4.78, 5) is 15.9. The van der Waals surface area contributed by atoms with Crippen LogP contribution in [0.4, 0.5) is 13.2 Å². The van der Waals surface area contributed by atoms with Crippen molar-refractivity contribution >= 4 is 5.91 Å². The summed E-state index contributed by atoms with van der Waals surface area (Å²) in [7, 11) is 1.78. The van der Waals surface area contributed by atoms with Gasteiger partial charge in [0.1, 0.15) is 0 Å². The molecule has 2 rings (SSSR count). The molecule has 1 aromatic carbocycles. The lowest BCUT2D eigenvalue weighted by molar-refractivity contribution is -0.144. The molecule has 1 amide bonds. The van der Waals surface area contributed by atoms with Crippen LogP contribution >= 0.6 is 0 Å². The van der Waals surface area contributed by atoms with Gasteiger partial charge in [-0.15, -0.1) is 0 Å².